The Labute approximate surface area is 89.9 Å². The number of rotatable bonds is 9. The molecule has 2 N–H and O–H groups in total. The lowest BCUT2D eigenvalue weighted by atomic mass is 10.3. The van der Waals surface area contributed by atoms with Gasteiger partial charge in [0, 0.05) is 29.7 Å². The van der Waals surface area contributed by atoms with Crippen molar-refractivity contribution in [2.45, 2.75) is 39.2 Å². The first-order chi connectivity index (χ1) is 6.74. The lowest BCUT2D eigenvalue weighted by molar-refractivity contribution is 0.0852. The van der Waals surface area contributed by atoms with Crippen LogP contribution in [0.15, 0.2) is 0 Å². The van der Waals surface area contributed by atoms with E-state index in [4.69, 9.17) is 10.5 Å². The number of unbranched alkanes of at least 4 members (excludes halogenated alkanes) is 2. The third-order valence-corrected chi connectivity index (χ3v) is 3.50. The Hall–Kier alpha value is 0.0700. The van der Waals surface area contributed by atoms with Gasteiger partial charge in [0.05, 0.1) is 11.9 Å². The Bertz CT molecular complexity index is 153. The number of hydrogen-bond donors (Lipinski definition) is 1. The van der Waals surface area contributed by atoms with Gasteiger partial charge in [-0.25, -0.2) is 0 Å². The van der Waals surface area contributed by atoms with Crippen molar-refractivity contribution in [2.75, 3.05) is 24.7 Å². The first-order valence-electron chi connectivity index (χ1n) is 5.41. The molecule has 2 unspecified atom stereocenters. The van der Waals surface area contributed by atoms with Crippen LogP contribution in [0.3, 0.4) is 0 Å². The van der Waals surface area contributed by atoms with Crippen molar-refractivity contribution in [1.82, 2.24) is 0 Å². The second-order valence-corrected chi connectivity index (χ2v) is 4.95. The molecule has 14 heavy (non-hydrogen) atoms. The molecule has 0 heterocycles. The SMILES string of the molecule is CCCCCS(=O)CC(CN)OCC. The van der Waals surface area contributed by atoms with E-state index in [-0.39, 0.29) is 6.10 Å². The summed E-state index contributed by atoms with van der Waals surface area (Å²) < 4.78 is 16.9. The normalized spacial score (nSPS) is 15.4. The molecule has 0 aliphatic rings. The molecule has 0 amide bonds. The van der Waals surface area contributed by atoms with Crippen LogP contribution in [0.25, 0.3) is 0 Å². The van der Waals surface area contributed by atoms with Gasteiger partial charge in [0.2, 0.25) is 0 Å². The monoisotopic (exact) mass is 221 g/mol. The molecule has 0 spiro atoms. The van der Waals surface area contributed by atoms with Crippen molar-refractivity contribution in [2.24, 2.45) is 5.73 Å². The van der Waals surface area contributed by atoms with E-state index in [1.807, 2.05) is 6.92 Å². The maximum Gasteiger partial charge on any atom is 0.0812 e. The van der Waals surface area contributed by atoms with Gasteiger partial charge in [0.25, 0.3) is 0 Å². The highest BCUT2D eigenvalue weighted by Crippen LogP contribution is 2.00. The first kappa shape index (κ1) is 14.1. The minimum absolute atomic E-state index is 0.0255. The molecule has 0 aliphatic carbocycles. The van der Waals surface area contributed by atoms with Gasteiger partial charge in [-0.1, -0.05) is 19.8 Å². The summed E-state index contributed by atoms with van der Waals surface area (Å²) in [6, 6.07) is 0. The number of hydrogen-bond acceptors (Lipinski definition) is 3. The van der Waals surface area contributed by atoms with Gasteiger partial charge in [-0.15, -0.1) is 0 Å². The largest absolute Gasteiger partial charge is 0.376 e. The lowest BCUT2D eigenvalue weighted by Crippen LogP contribution is -2.30. The summed E-state index contributed by atoms with van der Waals surface area (Å²) in [5.74, 6) is 1.38. The van der Waals surface area contributed by atoms with Crippen molar-refractivity contribution in [1.29, 1.82) is 0 Å². The van der Waals surface area contributed by atoms with Gasteiger partial charge in [0.1, 0.15) is 0 Å². The number of ether oxygens (including phenoxy) is 1. The fraction of sp³-hybridized carbons (Fsp3) is 1.00. The van der Waals surface area contributed by atoms with Gasteiger partial charge in [-0.2, -0.15) is 0 Å². The van der Waals surface area contributed by atoms with Crippen LogP contribution in [0.2, 0.25) is 0 Å². The van der Waals surface area contributed by atoms with E-state index < -0.39 is 10.8 Å². The molecular formula is C10H23NO2S. The molecule has 0 bridgehead atoms. The first-order valence-corrected chi connectivity index (χ1v) is 6.90. The lowest BCUT2D eigenvalue weighted by Gasteiger charge is -2.13. The summed E-state index contributed by atoms with van der Waals surface area (Å²) in [5, 5.41) is 0. The minimum atomic E-state index is -0.758. The molecule has 0 aromatic rings. The van der Waals surface area contributed by atoms with Crippen molar-refractivity contribution < 1.29 is 8.95 Å². The summed E-state index contributed by atoms with van der Waals surface area (Å²) in [7, 11) is -0.758. The summed E-state index contributed by atoms with van der Waals surface area (Å²) in [6.07, 6.45) is 3.35. The smallest absolute Gasteiger partial charge is 0.0812 e. The summed E-state index contributed by atoms with van der Waals surface area (Å²) in [4.78, 5) is 0. The van der Waals surface area contributed by atoms with E-state index in [9.17, 15) is 4.21 Å². The highest BCUT2D eigenvalue weighted by molar-refractivity contribution is 7.85. The van der Waals surface area contributed by atoms with E-state index in [2.05, 4.69) is 6.92 Å². The molecule has 0 aromatic carbocycles. The van der Waals surface area contributed by atoms with E-state index in [0.717, 1.165) is 18.6 Å². The zero-order chi connectivity index (χ0) is 10.8. The maximum atomic E-state index is 11.5. The second kappa shape index (κ2) is 9.62. The van der Waals surface area contributed by atoms with Crippen molar-refractivity contribution in [3.63, 3.8) is 0 Å². The van der Waals surface area contributed by atoms with Crippen LogP contribution in [-0.4, -0.2) is 35.0 Å². The fourth-order valence-corrected chi connectivity index (χ4v) is 2.56. The Morgan fingerprint density at radius 1 is 1.36 bits per heavy atom. The molecule has 4 heteroatoms. The molecule has 0 aliphatic heterocycles. The number of nitrogens with two attached hydrogens (primary N) is 1. The summed E-state index contributed by atoms with van der Waals surface area (Å²) in [5.41, 5.74) is 5.50. The molecule has 0 rings (SSSR count). The predicted molar refractivity (Wildman–Crippen MR) is 61.9 cm³/mol. The maximum absolute atomic E-state index is 11.5. The Morgan fingerprint density at radius 2 is 2.07 bits per heavy atom. The topological polar surface area (TPSA) is 52.3 Å². The van der Waals surface area contributed by atoms with E-state index in [0.29, 0.717) is 18.9 Å². The molecule has 0 aromatic heterocycles. The predicted octanol–water partition coefficient (Wildman–Crippen LogP) is 1.29. The Morgan fingerprint density at radius 3 is 2.57 bits per heavy atom. The van der Waals surface area contributed by atoms with Crippen LogP contribution < -0.4 is 5.73 Å². The standard InChI is InChI=1S/C10H23NO2S/c1-3-5-6-7-14(12)9-10(8-11)13-4-2/h10H,3-9,11H2,1-2H3. The molecule has 0 fully saturated rings. The Kier molecular flexibility index (Phi) is 9.67. The average molecular weight is 221 g/mol. The third kappa shape index (κ3) is 7.47. The van der Waals surface area contributed by atoms with Crippen LogP contribution >= 0.6 is 0 Å². The van der Waals surface area contributed by atoms with Crippen LogP contribution in [0.4, 0.5) is 0 Å². The van der Waals surface area contributed by atoms with Crippen LogP contribution in [-0.2, 0) is 15.5 Å². The molecular weight excluding hydrogens is 198 g/mol. The van der Waals surface area contributed by atoms with Gasteiger partial charge >= 0.3 is 0 Å². The van der Waals surface area contributed by atoms with Crippen LogP contribution in [0, 0.1) is 0 Å². The van der Waals surface area contributed by atoms with Crippen LogP contribution in [0.1, 0.15) is 33.1 Å². The average Bonchev–Trinajstić information content (AvgIpc) is 2.17. The molecule has 0 saturated carbocycles. The minimum Gasteiger partial charge on any atom is -0.376 e. The highest BCUT2D eigenvalue weighted by atomic mass is 32.2. The van der Waals surface area contributed by atoms with Gasteiger partial charge in [0.15, 0.2) is 0 Å². The molecule has 86 valence electrons. The summed E-state index contributed by atoms with van der Waals surface area (Å²) in [6.45, 7) is 5.19. The molecule has 3 nitrogen and oxygen atoms in total. The second-order valence-electron chi connectivity index (χ2n) is 3.33. The van der Waals surface area contributed by atoms with Gasteiger partial charge in [-0.05, 0) is 13.3 Å². The molecule has 0 radical (unpaired) electrons. The molecule has 0 saturated heterocycles. The Balaban J connectivity index is 3.56. The van der Waals surface area contributed by atoms with E-state index >= 15 is 0 Å². The zero-order valence-corrected chi connectivity index (χ0v) is 10.1. The van der Waals surface area contributed by atoms with Gasteiger partial charge < -0.3 is 10.5 Å². The zero-order valence-electron chi connectivity index (χ0n) is 9.33. The third-order valence-electron chi connectivity index (χ3n) is 2.01. The van der Waals surface area contributed by atoms with Crippen molar-refractivity contribution in [3.05, 3.63) is 0 Å². The summed E-state index contributed by atoms with van der Waals surface area (Å²) >= 11 is 0. The van der Waals surface area contributed by atoms with Crippen molar-refractivity contribution in [3.8, 4) is 0 Å². The highest BCUT2D eigenvalue weighted by Gasteiger charge is 2.10. The quantitative estimate of drug-likeness (QED) is 0.597. The fourth-order valence-electron chi connectivity index (χ4n) is 1.22. The van der Waals surface area contributed by atoms with Crippen LogP contribution in [0.5, 0.6) is 0 Å². The molecule has 2 atom stereocenters. The van der Waals surface area contributed by atoms with Crippen molar-refractivity contribution >= 4 is 10.8 Å². The van der Waals surface area contributed by atoms with E-state index in [1.165, 1.54) is 6.42 Å². The van der Waals surface area contributed by atoms with E-state index in [1.54, 1.807) is 0 Å². The van der Waals surface area contributed by atoms with Gasteiger partial charge in [-0.3, -0.25) is 4.21 Å².